The fraction of sp³-hybridized carbons (Fsp3) is 0.760. The van der Waals surface area contributed by atoms with Crippen LogP contribution < -0.4 is 8.85 Å². The molecule has 0 atom stereocenters. The van der Waals surface area contributed by atoms with Crippen molar-refractivity contribution in [1.29, 1.82) is 0 Å². The molecule has 0 saturated heterocycles. The minimum atomic E-state index is -1.98. The molecule has 1 aromatic carbocycles. The zero-order valence-corrected chi connectivity index (χ0v) is 23.5. The predicted molar refractivity (Wildman–Crippen MR) is 135 cm³/mol. The van der Waals surface area contributed by atoms with Crippen LogP contribution in [0.1, 0.15) is 88.6 Å². The van der Waals surface area contributed by atoms with Gasteiger partial charge < -0.3 is 8.85 Å². The summed E-state index contributed by atoms with van der Waals surface area (Å²) in [5, 5.41) is 0. The SMILES string of the molecule is Cc1cc(O[Si](C(C)C)(C(C)C)C(C)C)cc(O[Si](C(C)C)(C(C)C)C(C)C)c1. The normalized spacial score (nSPS) is 13.5. The van der Waals surface area contributed by atoms with Gasteiger partial charge in [-0.15, -0.1) is 0 Å². The fourth-order valence-corrected chi connectivity index (χ4v) is 16.4. The summed E-state index contributed by atoms with van der Waals surface area (Å²) in [6.07, 6.45) is 0. The van der Waals surface area contributed by atoms with Gasteiger partial charge in [0.15, 0.2) is 0 Å². The molecule has 2 nitrogen and oxygen atoms in total. The minimum Gasteiger partial charge on any atom is -0.543 e. The summed E-state index contributed by atoms with van der Waals surface area (Å²) in [6, 6.07) is 6.58. The zero-order valence-electron chi connectivity index (χ0n) is 21.5. The molecule has 0 aliphatic heterocycles. The highest BCUT2D eigenvalue weighted by Crippen LogP contribution is 2.45. The number of hydrogen-bond donors (Lipinski definition) is 0. The Balaban J connectivity index is 3.44. The van der Waals surface area contributed by atoms with Gasteiger partial charge in [0.1, 0.15) is 11.5 Å². The molecule has 1 rings (SSSR count). The van der Waals surface area contributed by atoms with Gasteiger partial charge in [-0.05, 0) is 57.9 Å². The topological polar surface area (TPSA) is 18.5 Å². The number of hydrogen-bond acceptors (Lipinski definition) is 2. The molecule has 0 bridgehead atoms. The van der Waals surface area contributed by atoms with Gasteiger partial charge in [-0.2, -0.15) is 0 Å². The Morgan fingerprint density at radius 2 is 0.724 bits per heavy atom. The molecule has 0 unspecified atom stereocenters. The largest absolute Gasteiger partial charge is 0.543 e. The lowest BCUT2D eigenvalue weighted by Crippen LogP contribution is -2.51. The first kappa shape index (κ1) is 26.3. The maximum atomic E-state index is 6.98. The van der Waals surface area contributed by atoms with E-state index in [0.29, 0.717) is 33.2 Å². The monoisotopic (exact) mass is 436 g/mol. The second-order valence-electron chi connectivity index (χ2n) is 10.8. The van der Waals surface area contributed by atoms with Crippen molar-refractivity contribution in [2.45, 2.75) is 123 Å². The third-order valence-corrected chi connectivity index (χ3v) is 19.0. The summed E-state index contributed by atoms with van der Waals surface area (Å²) >= 11 is 0. The predicted octanol–water partition coefficient (Wildman–Crippen LogP) is 9.10. The third kappa shape index (κ3) is 5.30. The van der Waals surface area contributed by atoms with Crippen LogP contribution in [0.15, 0.2) is 18.2 Å². The minimum absolute atomic E-state index is 0.558. The summed E-state index contributed by atoms with van der Waals surface area (Å²) in [5.41, 5.74) is 4.57. The first-order chi connectivity index (χ1) is 13.2. The Morgan fingerprint density at radius 3 is 0.931 bits per heavy atom. The molecule has 1 aromatic rings. The summed E-state index contributed by atoms with van der Waals surface area (Å²) < 4.78 is 14.0. The van der Waals surface area contributed by atoms with E-state index >= 15 is 0 Å². The van der Waals surface area contributed by atoms with Gasteiger partial charge in [0.05, 0.1) is 0 Å². The molecule has 0 spiro atoms. The van der Waals surface area contributed by atoms with E-state index < -0.39 is 16.6 Å². The average Bonchev–Trinajstić information content (AvgIpc) is 2.55. The van der Waals surface area contributed by atoms with E-state index in [1.54, 1.807) is 0 Å². The molecule has 0 aliphatic carbocycles. The average molecular weight is 437 g/mol. The highest BCUT2D eigenvalue weighted by atomic mass is 28.4. The molecule has 0 aromatic heterocycles. The number of benzene rings is 1. The van der Waals surface area contributed by atoms with E-state index in [1.807, 2.05) is 0 Å². The Kier molecular flexibility index (Phi) is 9.10. The van der Waals surface area contributed by atoms with E-state index in [4.69, 9.17) is 8.85 Å². The van der Waals surface area contributed by atoms with Crippen molar-refractivity contribution in [3.8, 4) is 11.5 Å². The van der Waals surface area contributed by atoms with E-state index in [9.17, 15) is 0 Å². The molecular weight excluding hydrogens is 388 g/mol. The molecule has 0 heterocycles. The molecule has 29 heavy (non-hydrogen) atoms. The standard InChI is InChI=1S/C25H48O2Si2/c1-17(2)28(18(3)4,19(5)6)26-24-14-23(13)15-25(16-24)27-29(20(7)8,21(9)10)22(11)12/h14-22H,1-13H3. The van der Waals surface area contributed by atoms with E-state index in [1.165, 1.54) is 5.56 Å². The Labute approximate surface area is 184 Å². The van der Waals surface area contributed by atoms with Crippen molar-refractivity contribution in [3.05, 3.63) is 23.8 Å². The van der Waals surface area contributed by atoms with Gasteiger partial charge in [-0.1, -0.05) is 83.1 Å². The molecule has 4 heteroatoms. The highest BCUT2D eigenvalue weighted by Gasteiger charge is 2.48. The smallest absolute Gasteiger partial charge is 0.258 e. The van der Waals surface area contributed by atoms with Crippen LogP contribution in [0.25, 0.3) is 0 Å². The van der Waals surface area contributed by atoms with Crippen molar-refractivity contribution in [3.63, 3.8) is 0 Å². The van der Waals surface area contributed by atoms with Gasteiger partial charge in [0.2, 0.25) is 0 Å². The van der Waals surface area contributed by atoms with Crippen LogP contribution in [0.5, 0.6) is 11.5 Å². The third-order valence-electron chi connectivity index (χ3n) is 7.03. The van der Waals surface area contributed by atoms with E-state index in [0.717, 1.165) is 11.5 Å². The van der Waals surface area contributed by atoms with Crippen LogP contribution in [-0.2, 0) is 0 Å². The molecule has 0 amide bonds. The lowest BCUT2D eigenvalue weighted by Gasteiger charge is -2.43. The maximum absolute atomic E-state index is 6.98. The molecule has 0 radical (unpaired) electrons. The van der Waals surface area contributed by atoms with Crippen LogP contribution >= 0.6 is 0 Å². The van der Waals surface area contributed by atoms with Crippen molar-refractivity contribution >= 4 is 16.6 Å². The van der Waals surface area contributed by atoms with Gasteiger partial charge in [-0.25, -0.2) is 0 Å². The molecule has 0 aliphatic rings. The fourth-order valence-electron chi connectivity index (χ4n) is 5.95. The second kappa shape index (κ2) is 10.0. The number of rotatable bonds is 10. The summed E-state index contributed by atoms with van der Waals surface area (Å²) in [6.45, 7) is 30.3. The van der Waals surface area contributed by atoms with Crippen molar-refractivity contribution in [2.75, 3.05) is 0 Å². The van der Waals surface area contributed by atoms with E-state index in [-0.39, 0.29) is 0 Å². The molecule has 0 N–H and O–H groups in total. The quantitative estimate of drug-likeness (QED) is 0.340. The van der Waals surface area contributed by atoms with E-state index in [2.05, 4.69) is 108 Å². The lowest BCUT2D eigenvalue weighted by molar-refractivity contribution is 0.461. The van der Waals surface area contributed by atoms with Crippen molar-refractivity contribution < 1.29 is 8.85 Å². The number of aryl methyl sites for hydroxylation is 1. The van der Waals surface area contributed by atoms with Gasteiger partial charge in [0.25, 0.3) is 16.6 Å². The molecule has 0 fully saturated rings. The lowest BCUT2D eigenvalue weighted by atomic mass is 10.2. The van der Waals surface area contributed by atoms with Gasteiger partial charge >= 0.3 is 0 Å². The van der Waals surface area contributed by atoms with Crippen molar-refractivity contribution in [2.24, 2.45) is 0 Å². The van der Waals surface area contributed by atoms with Crippen LogP contribution in [0.2, 0.25) is 33.2 Å². The highest BCUT2D eigenvalue weighted by molar-refractivity contribution is 6.78. The summed E-state index contributed by atoms with van der Waals surface area (Å²) in [4.78, 5) is 0. The van der Waals surface area contributed by atoms with Crippen LogP contribution in [0.4, 0.5) is 0 Å². The van der Waals surface area contributed by atoms with Gasteiger partial charge in [0, 0.05) is 6.07 Å². The van der Waals surface area contributed by atoms with Crippen LogP contribution in [0.3, 0.4) is 0 Å². The molecule has 168 valence electrons. The molecule has 0 saturated carbocycles. The first-order valence-corrected chi connectivity index (χ1v) is 16.0. The summed E-state index contributed by atoms with van der Waals surface area (Å²) in [7, 11) is -3.97. The first-order valence-electron chi connectivity index (χ1n) is 11.7. The second-order valence-corrected chi connectivity index (χ2v) is 21.6. The Morgan fingerprint density at radius 1 is 0.483 bits per heavy atom. The van der Waals surface area contributed by atoms with Gasteiger partial charge in [-0.3, -0.25) is 0 Å². The van der Waals surface area contributed by atoms with Crippen LogP contribution in [0, 0.1) is 6.92 Å². The Bertz CT molecular complexity index is 552. The van der Waals surface area contributed by atoms with Crippen LogP contribution in [-0.4, -0.2) is 16.6 Å². The zero-order chi connectivity index (χ0) is 22.7. The maximum Gasteiger partial charge on any atom is 0.258 e. The van der Waals surface area contributed by atoms with Crippen molar-refractivity contribution in [1.82, 2.24) is 0 Å². The summed E-state index contributed by atoms with van der Waals surface area (Å²) in [5.74, 6) is 2.00. The Hall–Kier alpha value is -0.746. The molecular formula is C25H48O2Si2.